The number of benzene rings is 2. The third-order valence-corrected chi connectivity index (χ3v) is 5.45. The molecule has 2 aromatic carbocycles. The highest BCUT2D eigenvalue weighted by atomic mass is 16.3. The van der Waals surface area contributed by atoms with E-state index in [2.05, 4.69) is 40.2 Å². The van der Waals surface area contributed by atoms with Gasteiger partial charge in [-0.3, -0.25) is 9.69 Å². The molecular weight excluding hydrogens is 324 g/mol. The largest absolute Gasteiger partial charge is 0.507 e. The normalized spacial score (nSPS) is 16.2. The van der Waals surface area contributed by atoms with Crippen LogP contribution in [0, 0.1) is 5.92 Å². The van der Waals surface area contributed by atoms with Crippen molar-refractivity contribution in [3.05, 3.63) is 76.1 Å². The van der Waals surface area contributed by atoms with E-state index in [-0.39, 0.29) is 11.3 Å². The molecule has 4 heteroatoms. The van der Waals surface area contributed by atoms with E-state index < -0.39 is 0 Å². The Morgan fingerprint density at radius 3 is 2.46 bits per heavy atom. The van der Waals surface area contributed by atoms with Gasteiger partial charge in [0, 0.05) is 11.9 Å². The van der Waals surface area contributed by atoms with Crippen molar-refractivity contribution in [2.75, 3.05) is 13.1 Å². The van der Waals surface area contributed by atoms with Gasteiger partial charge in [-0.15, -0.1) is 0 Å². The molecular formula is C22H24N2O2. The number of likely N-dealkylation sites (tertiary alicyclic amines) is 1. The minimum Gasteiger partial charge on any atom is -0.507 e. The summed E-state index contributed by atoms with van der Waals surface area (Å²) in [6.45, 7) is 2.43. The fraction of sp³-hybridized carbons (Fsp3) is 0.318. The maximum Gasteiger partial charge on any atom is 0.256 e. The van der Waals surface area contributed by atoms with E-state index in [0.717, 1.165) is 32.4 Å². The number of para-hydroxylation sites is 1. The lowest BCUT2D eigenvalue weighted by Crippen LogP contribution is -2.35. The summed E-state index contributed by atoms with van der Waals surface area (Å²) in [6, 6.07) is 18.0. The van der Waals surface area contributed by atoms with Crippen LogP contribution in [0.25, 0.3) is 10.9 Å². The predicted octanol–water partition coefficient (Wildman–Crippen LogP) is 3.69. The monoisotopic (exact) mass is 348 g/mol. The number of pyridine rings is 1. The maximum atomic E-state index is 12.4. The van der Waals surface area contributed by atoms with Crippen molar-refractivity contribution in [1.82, 2.24) is 9.88 Å². The molecule has 3 aromatic rings. The molecule has 0 amide bonds. The fourth-order valence-corrected chi connectivity index (χ4v) is 3.93. The summed E-state index contributed by atoms with van der Waals surface area (Å²) in [5, 5.41) is 11.3. The molecule has 0 bridgehead atoms. The zero-order chi connectivity index (χ0) is 17.9. The molecule has 1 fully saturated rings. The number of rotatable bonds is 4. The molecule has 1 aromatic heterocycles. The van der Waals surface area contributed by atoms with Crippen molar-refractivity contribution in [2.45, 2.75) is 25.8 Å². The van der Waals surface area contributed by atoms with Gasteiger partial charge in [0.25, 0.3) is 5.56 Å². The van der Waals surface area contributed by atoms with Crippen molar-refractivity contribution in [1.29, 1.82) is 0 Å². The first-order chi connectivity index (χ1) is 12.7. The summed E-state index contributed by atoms with van der Waals surface area (Å²) in [6.07, 6.45) is 3.37. The van der Waals surface area contributed by atoms with E-state index >= 15 is 0 Å². The van der Waals surface area contributed by atoms with E-state index in [4.69, 9.17) is 0 Å². The zero-order valence-electron chi connectivity index (χ0n) is 14.8. The molecule has 4 nitrogen and oxygen atoms in total. The van der Waals surface area contributed by atoms with Crippen molar-refractivity contribution in [3.8, 4) is 5.75 Å². The number of nitrogens with zero attached hydrogens (tertiary/aromatic N) is 1. The molecule has 0 spiro atoms. The van der Waals surface area contributed by atoms with Crippen molar-refractivity contribution in [2.24, 2.45) is 5.92 Å². The summed E-state index contributed by atoms with van der Waals surface area (Å²) in [7, 11) is 0. The van der Waals surface area contributed by atoms with Gasteiger partial charge in [-0.25, -0.2) is 0 Å². The van der Waals surface area contributed by atoms with Gasteiger partial charge >= 0.3 is 0 Å². The first-order valence-corrected chi connectivity index (χ1v) is 9.30. The van der Waals surface area contributed by atoms with Crippen LogP contribution in [0.1, 0.15) is 24.0 Å². The second-order valence-corrected chi connectivity index (χ2v) is 7.24. The molecule has 2 heterocycles. The second kappa shape index (κ2) is 7.34. The highest BCUT2D eigenvalue weighted by Crippen LogP contribution is 2.27. The molecule has 1 saturated heterocycles. The number of hydrogen-bond acceptors (Lipinski definition) is 3. The first kappa shape index (κ1) is 16.9. The molecule has 0 aliphatic carbocycles. The van der Waals surface area contributed by atoms with Crippen LogP contribution in [0.15, 0.2) is 59.4 Å². The Kier molecular flexibility index (Phi) is 4.76. The van der Waals surface area contributed by atoms with Gasteiger partial charge in [-0.1, -0.05) is 42.5 Å². The standard InChI is InChI=1S/C22H24N2O2/c25-21-18-8-4-5-9-20(18)23-22(26)19(21)15-24-12-10-17(11-13-24)14-16-6-2-1-3-7-16/h1-9,17H,10-15H2,(H2,23,25,26). The number of hydrogen-bond donors (Lipinski definition) is 2. The Hall–Kier alpha value is -2.59. The highest BCUT2D eigenvalue weighted by Gasteiger charge is 2.22. The van der Waals surface area contributed by atoms with Crippen molar-refractivity contribution in [3.63, 3.8) is 0 Å². The summed E-state index contributed by atoms with van der Waals surface area (Å²) < 4.78 is 0. The third-order valence-electron chi connectivity index (χ3n) is 5.45. The average molecular weight is 348 g/mol. The smallest absolute Gasteiger partial charge is 0.256 e. The molecule has 0 saturated carbocycles. The van der Waals surface area contributed by atoms with Gasteiger partial charge in [0.15, 0.2) is 0 Å². The zero-order valence-corrected chi connectivity index (χ0v) is 14.8. The highest BCUT2D eigenvalue weighted by molar-refractivity contribution is 5.85. The Balaban J connectivity index is 1.43. The lowest BCUT2D eigenvalue weighted by molar-refractivity contribution is 0.175. The van der Waals surface area contributed by atoms with Gasteiger partial charge < -0.3 is 10.1 Å². The van der Waals surface area contributed by atoms with Gasteiger partial charge in [-0.2, -0.15) is 0 Å². The Morgan fingerprint density at radius 2 is 1.69 bits per heavy atom. The van der Waals surface area contributed by atoms with E-state index in [1.807, 2.05) is 24.3 Å². The van der Waals surface area contributed by atoms with Crippen LogP contribution in [-0.4, -0.2) is 28.1 Å². The molecule has 0 radical (unpaired) electrons. The molecule has 0 unspecified atom stereocenters. The lowest BCUT2D eigenvalue weighted by atomic mass is 9.90. The van der Waals surface area contributed by atoms with Crippen LogP contribution < -0.4 is 5.56 Å². The Bertz CT molecular complexity index is 941. The van der Waals surface area contributed by atoms with Crippen LogP contribution in [0.4, 0.5) is 0 Å². The number of fused-ring (bicyclic) bond motifs is 1. The summed E-state index contributed by atoms with van der Waals surface area (Å²) >= 11 is 0. The number of aromatic hydroxyl groups is 1. The molecule has 4 rings (SSSR count). The maximum absolute atomic E-state index is 12.4. The van der Waals surface area contributed by atoms with Crippen LogP contribution in [0.2, 0.25) is 0 Å². The molecule has 1 aliphatic heterocycles. The van der Waals surface area contributed by atoms with E-state index in [1.54, 1.807) is 0 Å². The van der Waals surface area contributed by atoms with Gasteiger partial charge in [0.1, 0.15) is 5.75 Å². The van der Waals surface area contributed by atoms with Crippen molar-refractivity contribution >= 4 is 10.9 Å². The second-order valence-electron chi connectivity index (χ2n) is 7.24. The third kappa shape index (κ3) is 3.51. The van der Waals surface area contributed by atoms with E-state index in [0.29, 0.717) is 28.9 Å². The Morgan fingerprint density at radius 1 is 1.00 bits per heavy atom. The van der Waals surface area contributed by atoms with E-state index in [9.17, 15) is 9.90 Å². The lowest BCUT2D eigenvalue weighted by Gasteiger charge is -2.32. The van der Waals surface area contributed by atoms with Crippen LogP contribution in [-0.2, 0) is 13.0 Å². The minimum absolute atomic E-state index is 0.121. The van der Waals surface area contributed by atoms with Gasteiger partial charge in [0.05, 0.1) is 11.1 Å². The topological polar surface area (TPSA) is 56.3 Å². The number of aromatic nitrogens is 1. The molecule has 26 heavy (non-hydrogen) atoms. The number of nitrogens with one attached hydrogen (secondary N) is 1. The van der Waals surface area contributed by atoms with Crippen molar-refractivity contribution < 1.29 is 5.11 Å². The number of piperidine rings is 1. The Labute approximate surface area is 153 Å². The average Bonchev–Trinajstić information content (AvgIpc) is 2.67. The number of aromatic amines is 1. The minimum atomic E-state index is -0.187. The van der Waals surface area contributed by atoms with Gasteiger partial charge in [-0.05, 0) is 56.0 Å². The fourth-order valence-electron chi connectivity index (χ4n) is 3.93. The van der Waals surface area contributed by atoms with E-state index in [1.165, 1.54) is 5.56 Å². The van der Waals surface area contributed by atoms with Crippen LogP contribution in [0.3, 0.4) is 0 Å². The summed E-state index contributed by atoms with van der Waals surface area (Å²) in [5.41, 5.74) is 2.37. The molecule has 134 valence electrons. The van der Waals surface area contributed by atoms with Crippen LogP contribution >= 0.6 is 0 Å². The predicted molar refractivity (Wildman–Crippen MR) is 104 cm³/mol. The summed E-state index contributed by atoms with van der Waals surface area (Å²) in [5.74, 6) is 0.813. The number of H-pyrrole nitrogens is 1. The van der Waals surface area contributed by atoms with Gasteiger partial charge in [0.2, 0.25) is 0 Å². The molecule has 1 aliphatic rings. The molecule has 2 N–H and O–H groups in total. The summed E-state index contributed by atoms with van der Waals surface area (Å²) in [4.78, 5) is 17.6. The SMILES string of the molecule is O=c1[nH]c2ccccc2c(O)c1CN1CCC(Cc2ccccc2)CC1. The molecule has 0 atom stereocenters. The first-order valence-electron chi connectivity index (χ1n) is 9.30. The quantitative estimate of drug-likeness (QED) is 0.756. The van der Waals surface area contributed by atoms with Crippen LogP contribution in [0.5, 0.6) is 5.75 Å².